The van der Waals surface area contributed by atoms with Crippen LogP contribution < -0.4 is 16.0 Å². The fraction of sp³-hybridized carbons (Fsp3) is 0.562. The number of hydrogen-bond acceptors (Lipinski definition) is 3. The zero-order chi connectivity index (χ0) is 15.4. The van der Waals surface area contributed by atoms with Gasteiger partial charge in [0.1, 0.15) is 5.82 Å². The molecule has 1 saturated carbocycles. The largest absolute Gasteiger partial charge is 0.368 e. The van der Waals surface area contributed by atoms with Crippen LogP contribution in [0, 0.1) is 11.7 Å². The number of benzene rings is 1. The molecule has 0 spiro atoms. The van der Waals surface area contributed by atoms with Crippen LogP contribution in [0.3, 0.4) is 0 Å². The molecule has 0 radical (unpaired) electrons. The number of halogens is 1. The summed E-state index contributed by atoms with van der Waals surface area (Å²) in [6.45, 7) is 5.65. The first kappa shape index (κ1) is 15.8. The van der Waals surface area contributed by atoms with Crippen molar-refractivity contribution in [3.8, 4) is 0 Å². The lowest BCUT2D eigenvalue weighted by atomic mass is 10.1. The highest BCUT2D eigenvalue weighted by Gasteiger charge is 2.22. The molecule has 1 aliphatic rings. The third kappa shape index (κ3) is 5.01. The number of rotatable bonds is 8. The summed E-state index contributed by atoms with van der Waals surface area (Å²) in [5.41, 5.74) is 7.11. The second-order valence-corrected chi connectivity index (χ2v) is 6.17. The average Bonchev–Trinajstić information content (AvgIpc) is 3.18. The molecule has 2 rings (SSSR count). The molecule has 1 aliphatic carbocycles. The van der Waals surface area contributed by atoms with Gasteiger partial charge in [0.15, 0.2) is 0 Å². The summed E-state index contributed by atoms with van der Waals surface area (Å²) in [4.78, 5) is 13.3. The molecule has 1 aromatic rings. The molecule has 0 atom stereocenters. The van der Waals surface area contributed by atoms with Crippen LogP contribution in [0.4, 0.5) is 10.1 Å². The maximum Gasteiger partial charge on any atom is 0.236 e. The van der Waals surface area contributed by atoms with Gasteiger partial charge in [-0.05, 0) is 42.5 Å². The topological polar surface area (TPSA) is 58.4 Å². The number of nitrogens with zero attached hydrogens (tertiary/aromatic N) is 1. The van der Waals surface area contributed by atoms with Crippen molar-refractivity contribution in [1.29, 1.82) is 0 Å². The Morgan fingerprint density at radius 3 is 2.76 bits per heavy atom. The van der Waals surface area contributed by atoms with E-state index in [1.54, 1.807) is 12.1 Å². The van der Waals surface area contributed by atoms with Gasteiger partial charge in [-0.15, -0.1) is 0 Å². The van der Waals surface area contributed by atoms with E-state index in [9.17, 15) is 9.18 Å². The number of primary amides is 1. The molecule has 3 N–H and O–H groups in total. The smallest absolute Gasteiger partial charge is 0.236 e. The molecule has 116 valence electrons. The third-order valence-corrected chi connectivity index (χ3v) is 3.47. The molecule has 4 nitrogen and oxygen atoms in total. The van der Waals surface area contributed by atoms with E-state index in [0.29, 0.717) is 25.0 Å². The monoisotopic (exact) mass is 293 g/mol. The SMILES string of the molecule is CC(C)CN(CC(N)=O)c1ccc(F)cc1CNC1CC1. The van der Waals surface area contributed by atoms with Gasteiger partial charge in [-0.3, -0.25) is 4.79 Å². The summed E-state index contributed by atoms with van der Waals surface area (Å²) in [6.07, 6.45) is 2.36. The summed E-state index contributed by atoms with van der Waals surface area (Å²) >= 11 is 0. The fourth-order valence-electron chi connectivity index (χ4n) is 2.42. The number of carbonyl (C=O) groups is 1. The molecule has 0 unspecified atom stereocenters. The predicted octanol–water partition coefficient (Wildman–Crippen LogP) is 2.03. The Labute approximate surface area is 125 Å². The summed E-state index contributed by atoms with van der Waals surface area (Å²) in [5.74, 6) is -0.241. The highest BCUT2D eigenvalue weighted by Crippen LogP contribution is 2.25. The quantitative estimate of drug-likeness (QED) is 0.771. The molecular formula is C16H24FN3O. The second kappa shape index (κ2) is 6.89. The lowest BCUT2D eigenvalue weighted by Gasteiger charge is -2.28. The van der Waals surface area contributed by atoms with Crippen LogP contribution in [-0.4, -0.2) is 25.0 Å². The molecule has 0 saturated heterocycles. The van der Waals surface area contributed by atoms with Gasteiger partial charge in [0.05, 0.1) is 6.54 Å². The first-order chi connectivity index (χ1) is 9.95. The van der Waals surface area contributed by atoms with Gasteiger partial charge in [0.2, 0.25) is 5.91 Å². The van der Waals surface area contributed by atoms with E-state index < -0.39 is 0 Å². The van der Waals surface area contributed by atoms with Crippen molar-refractivity contribution >= 4 is 11.6 Å². The van der Waals surface area contributed by atoms with E-state index in [0.717, 1.165) is 11.3 Å². The van der Waals surface area contributed by atoms with Crippen LogP contribution in [-0.2, 0) is 11.3 Å². The summed E-state index contributed by atoms with van der Waals surface area (Å²) in [7, 11) is 0. The molecule has 0 bridgehead atoms. The number of nitrogens with one attached hydrogen (secondary N) is 1. The van der Waals surface area contributed by atoms with Gasteiger partial charge in [0.25, 0.3) is 0 Å². The minimum atomic E-state index is -0.374. The lowest BCUT2D eigenvalue weighted by molar-refractivity contribution is -0.116. The number of nitrogens with two attached hydrogens (primary N) is 1. The maximum absolute atomic E-state index is 13.5. The molecule has 1 fully saturated rings. The Morgan fingerprint density at radius 1 is 1.48 bits per heavy atom. The summed E-state index contributed by atoms with van der Waals surface area (Å²) in [6, 6.07) is 5.27. The Kier molecular flexibility index (Phi) is 5.17. The fourth-order valence-corrected chi connectivity index (χ4v) is 2.42. The van der Waals surface area contributed by atoms with E-state index >= 15 is 0 Å². The van der Waals surface area contributed by atoms with Gasteiger partial charge >= 0.3 is 0 Å². The van der Waals surface area contributed by atoms with Crippen molar-refractivity contribution in [1.82, 2.24) is 5.32 Å². The molecule has 1 amide bonds. The first-order valence-electron chi connectivity index (χ1n) is 7.50. The van der Waals surface area contributed by atoms with Crippen LogP contribution in [0.2, 0.25) is 0 Å². The van der Waals surface area contributed by atoms with Gasteiger partial charge in [-0.2, -0.15) is 0 Å². The second-order valence-electron chi connectivity index (χ2n) is 6.17. The van der Waals surface area contributed by atoms with Crippen LogP contribution in [0.1, 0.15) is 32.3 Å². The number of amides is 1. The zero-order valence-electron chi connectivity index (χ0n) is 12.7. The summed E-state index contributed by atoms with van der Waals surface area (Å²) in [5, 5.41) is 3.39. The van der Waals surface area contributed by atoms with E-state index in [2.05, 4.69) is 19.2 Å². The van der Waals surface area contributed by atoms with E-state index in [-0.39, 0.29) is 18.3 Å². The molecular weight excluding hydrogens is 269 g/mol. The Hall–Kier alpha value is -1.62. The normalized spacial score (nSPS) is 14.5. The van der Waals surface area contributed by atoms with E-state index in [1.165, 1.54) is 18.9 Å². The minimum Gasteiger partial charge on any atom is -0.368 e. The molecule has 21 heavy (non-hydrogen) atoms. The van der Waals surface area contributed by atoms with Gasteiger partial charge < -0.3 is 16.0 Å². The highest BCUT2D eigenvalue weighted by atomic mass is 19.1. The Morgan fingerprint density at radius 2 is 2.19 bits per heavy atom. The maximum atomic E-state index is 13.5. The predicted molar refractivity (Wildman–Crippen MR) is 82.5 cm³/mol. The van der Waals surface area contributed by atoms with Crippen LogP contribution in [0.5, 0.6) is 0 Å². The molecule has 1 aromatic carbocycles. The number of carbonyl (C=O) groups excluding carboxylic acids is 1. The Balaban J connectivity index is 2.20. The molecule has 0 aliphatic heterocycles. The standard InChI is InChI=1S/C16H24FN3O/c1-11(2)9-20(10-16(18)21)15-6-3-13(17)7-12(15)8-19-14-4-5-14/h3,6-7,11,14,19H,4-5,8-10H2,1-2H3,(H2,18,21). The van der Waals surface area contributed by atoms with Crippen LogP contribution in [0.25, 0.3) is 0 Å². The minimum absolute atomic E-state index is 0.153. The summed E-state index contributed by atoms with van der Waals surface area (Å²) < 4.78 is 13.5. The van der Waals surface area contributed by atoms with Crippen molar-refractivity contribution in [2.24, 2.45) is 11.7 Å². The highest BCUT2D eigenvalue weighted by molar-refractivity contribution is 5.80. The van der Waals surface area contributed by atoms with Crippen molar-refractivity contribution in [2.45, 2.75) is 39.3 Å². The molecule has 0 heterocycles. The third-order valence-electron chi connectivity index (χ3n) is 3.47. The zero-order valence-corrected chi connectivity index (χ0v) is 12.7. The van der Waals surface area contributed by atoms with Gasteiger partial charge in [0, 0.05) is 24.8 Å². The van der Waals surface area contributed by atoms with Crippen molar-refractivity contribution < 1.29 is 9.18 Å². The average molecular weight is 293 g/mol. The Bertz CT molecular complexity index is 500. The van der Waals surface area contributed by atoms with Crippen molar-refractivity contribution in [2.75, 3.05) is 18.0 Å². The first-order valence-corrected chi connectivity index (χ1v) is 7.50. The van der Waals surface area contributed by atoms with E-state index in [4.69, 9.17) is 5.73 Å². The van der Waals surface area contributed by atoms with Crippen molar-refractivity contribution in [3.05, 3.63) is 29.6 Å². The van der Waals surface area contributed by atoms with Gasteiger partial charge in [-0.1, -0.05) is 13.8 Å². The van der Waals surface area contributed by atoms with E-state index in [1.807, 2.05) is 4.90 Å². The number of hydrogen-bond donors (Lipinski definition) is 2. The van der Waals surface area contributed by atoms with Gasteiger partial charge in [-0.25, -0.2) is 4.39 Å². The number of anilines is 1. The lowest BCUT2D eigenvalue weighted by Crippen LogP contribution is -2.37. The molecule has 5 heteroatoms. The molecule has 0 aromatic heterocycles. The van der Waals surface area contributed by atoms with Crippen LogP contribution >= 0.6 is 0 Å². The van der Waals surface area contributed by atoms with Crippen LogP contribution in [0.15, 0.2) is 18.2 Å². The van der Waals surface area contributed by atoms with Crippen molar-refractivity contribution in [3.63, 3.8) is 0 Å².